The van der Waals surface area contributed by atoms with Crippen LogP contribution in [-0.4, -0.2) is 25.3 Å². The van der Waals surface area contributed by atoms with Crippen LogP contribution in [-0.2, 0) is 4.79 Å². The van der Waals surface area contributed by atoms with Crippen LogP contribution in [0.4, 0.5) is 0 Å². The van der Waals surface area contributed by atoms with Crippen molar-refractivity contribution in [3.8, 4) is 11.5 Å². The normalized spacial score (nSPS) is 10.7. The van der Waals surface area contributed by atoms with Gasteiger partial charge < -0.3 is 9.47 Å². The summed E-state index contributed by atoms with van der Waals surface area (Å²) in [6.45, 7) is 6.68. The van der Waals surface area contributed by atoms with E-state index in [4.69, 9.17) is 9.47 Å². The van der Waals surface area contributed by atoms with Crippen LogP contribution in [0.2, 0.25) is 0 Å². The maximum atomic E-state index is 10.8. The summed E-state index contributed by atoms with van der Waals surface area (Å²) in [4.78, 5) is 10.8. The Kier molecular flexibility index (Phi) is 7.01. The summed E-state index contributed by atoms with van der Waals surface area (Å²) in [6.07, 6.45) is 2.37. The van der Waals surface area contributed by atoms with Crippen LogP contribution in [0.3, 0.4) is 0 Å². The minimum Gasteiger partial charge on any atom is -0.493 e. The number of hydrogen-bond acceptors (Lipinski definition) is 4. The van der Waals surface area contributed by atoms with Gasteiger partial charge in [-0.15, -0.1) is 0 Å². The Balaban J connectivity index is 1.76. The number of nitrogens with zero attached hydrogens (tertiary/aromatic N) is 1. The topological polar surface area (TPSA) is 59.9 Å². The van der Waals surface area contributed by atoms with Gasteiger partial charge in [-0.3, -0.25) is 4.79 Å². The van der Waals surface area contributed by atoms with Crippen LogP contribution >= 0.6 is 0 Å². The van der Waals surface area contributed by atoms with Crippen LogP contribution in [0.5, 0.6) is 11.5 Å². The Labute approximate surface area is 148 Å². The SMILES string of the molecule is CC(=O)N/N=C\c1cccc(OCCCOc2c(C)cccc2C)c1. The second-order valence-electron chi connectivity index (χ2n) is 5.77. The lowest BCUT2D eigenvalue weighted by molar-refractivity contribution is -0.118. The molecule has 132 valence electrons. The zero-order valence-corrected chi connectivity index (χ0v) is 14.9. The molecule has 1 amide bonds. The molecule has 0 heterocycles. The van der Waals surface area contributed by atoms with E-state index in [-0.39, 0.29) is 5.91 Å². The number of hydrazone groups is 1. The lowest BCUT2D eigenvalue weighted by Crippen LogP contribution is -2.12. The van der Waals surface area contributed by atoms with Crippen molar-refractivity contribution in [3.63, 3.8) is 0 Å². The van der Waals surface area contributed by atoms with Crippen LogP contribution < -0.4 is 14.9 Å². The third-order valence-corrected chi connectivity index (χ3v) is 3.51. The fraction of sp³-hybridized carbons (Fsp3) is 0.300. The quantitative estimate of drug-likeness (QED) is 0.453. The number of para-hydroxylation sites is 1. The third-order valence-electron chi connectivity index (χ3n) is 3.51. The summed E-state index contributed by atoms with van der Waals surface area (Å²) in [6, 6.07) is 13.7. The fourth-order valence-corrected chi connectivity index (χ4v) is 2.33. The van der Waals surface area contributed by atoms with Crippen molar-refractivity contribution in [2.45, 2.75) is 27.2 Å². The molecule has 0 atom stereocenters. The Hall–Kier alpha value is -2.82. The third kappa shape index (κ3) is 6.30. The number of ether oxygens (including phenoxy) is 2. The largest absolute Gasteiger partial charge is 0.493 e. The molecule has 2 aromatic carbocycles. The molecule has 0 unspecified atom stereocenters. The van der Waals surface area contributed by atoms with Crippen molar-refractivity contribution in [3.05, 3.63) is 59.2 Å². The maximum absolute atomic E-state index is 10.8. The Morgan fingerprint density at radius 2 is 1.76 bits per heavy atom. The van der Waals surface area contributed by atoms with Crippen LogP contribution in [0.1, 0.15) is 30.0 Å². The van der Waals surface area contributed by atoms with Gasteiger partial charge in [0.1, 0.15) is 11.5 Å². The molecule has 0 aliphatic rings. The van der Waals surface area contributed by atoms with Gasteiger partial charge in [-0.1, -0.05) is 30.3 Å². The molecule has 0 fully saturated rings. The lowest BCUT2D eigenvalue weighted by Gasteiger charge is -2.12. The summed E-state index contributed by atoms with van der Waals surface area (Å²) in [7, 11) is 0. The van der Waals surface area contributed by atoms with Crippen LogP contribution in [0.15, 0.2) is 47.6 Å². The molecule has 25 heavy (non-hydrogen) atoms. The molecular formula is C20H24N2O3. The van der Waals surface area contributed by atoms with E-state index in [0.717, 1.165) is 34.6 Å². The number of benzene rings is 2. The molecule has 0 aliphatic carbocycles. The standard InChI is InChI=1S/C20H24N2O3/c1-15-7-4-8-16(2)20(15)25-12-6-11-24-19-10-5-9-18(13-19)14-21-22-17(3)23/h4-5,7-10,13-14H,6,11-12H2,1-3H3,(H,22,23)/b21-14-. The monoisotopic (exact) mass is 340 g/mol. The number of carbonyl (C=O) groups excluding carboxylic acids is 1. The predicted molar refractivity (Wildman–Crippen MR) is 99.4 cm³/mol. The molecule has 0 radical (unpaired) electrons. The maximum Gasteiger partial charge on any atom is 0.236 e. The summed E-state index contributed by atoms with van der Waals surface area (Å²) in [5, 5.41) is 3.84. The van der Waals surface area contributed by atoms with Crippen LogP contribution in [0, 0.1) is 13.8 Å². The number of nitrogens with one attached hydrogen (secondary N) is 1. The molecule has 1 N–H and O–H groups in total. The second kappa shape index (κ2) is 9.47. The molecule has 0 spiro atoms. The van der Waals surface area contributed by atoms with E-state index in [0.29, 0.717) is 13.2 Å². The molecule has 2 rings (SSSR count). The molecular weight excluding hydrogens is 316 g/mol. The number of hydrogen-bond donors (Lipinski definition) is 1. The van der Waals surface area contributed by atoms with Crippen LogP contribution in [0.25, 0.3) is 0 Å². The Bertz CT molecular complexity index is 721. The van der Waals surface area contributed by atoms with Gasteiger partial charge in [-0.25, -0.2) is 5.43 Å². The van der Waals surface area contributed by atoms with Gasteiger partial charge in [-0.05, 0) is 42.7 Å². The van der Waals surface area contributed by atoms with E-state index in [2.05, 4.69) is 10.5 Å². The van der Waals surface area contributed by atoms with E-state index in [1.807, 2.05) is 56.3 Å². The molecule has 0 aliphatic heterocycles. The first kappa shape index (κ1) is 18.5. The minimum absolute atomic E-state index is 0.201. The van der Waals surface area contributed by atoms with Crippen molar-refractivity contribution < 1.29 is 14.3 Å². The highest BCUT2D eigenvalue weighted by Crippen LogP contribution is 2.22. The molecule has 0 saturated heterocycles. The van der Waals surface area contributed by atoms with Crippen molar-refractivity contribution in [1.29, 1.82) is 0 Å². The number of rotatable bonds is 8. The van der Waals surface area contributed by atoms with Gasteiger partial charge in [0.2, 0.25) is 5.91 Å². The number of aryl methyl sites for hydroxylation is 2. The molecule has 2 aromatic rings. The molecule has 0 aromatic heterocycles. The van der Waals surface area contributed by atoms with Gasteiger partial charge in [0, 0.05) is 13.3 Å². The predicted octanol–water partition coefficient (Wildman–Crippen LogP) is 3.62. The molecule has 0 saturated carbocycles. The van der Waals surface area contributed by atoms with E-state index in [9.17, 15) is 4.79 Å². The van der Waals surface area contributed by atoms with Crippen molar-refractivity contribution in [1.82, 2.24) is 5.43 Å². The van der Waals surface area contributed by atoms with E-state index in [1.165, 1.54) is 6.92 Å². The van der Waals surface area contributed by atoms with Gasteiger partial charge in [-0.2, -0.15) is 5.10 Å². The summed E-state index contributed by atoms with van der Waals surface area (Å²) >= 11 is 0. The first-order chi connectivity index (χ1) is 12.1. The summed E-state index contributed by atoms with van der Waals surface area (Å²) in [5.41, 5.74) is 5.52. The van der Waals surface area contributed by atoms with Crippen molar-refractivity contribution in [2.75, 3.05) is 13.2 Å². The van der Waals surface area contributed by atoms with Gasteiger partial charge in [0.25, 0.3) is 0 Å². The molecule has 0 bridgehead atoms. The van der Waals surface area contributed by atoms with Crippen molar-refractivity contribution in [2.24, 2.45) is 5.10 Å². The molecule has 5 heteroatoms. The number of amides is 1. The fourth-order valence-electron chi connectivity index (χ4n) is 2.33. The zero-order chi connectivity index (χ0) is 18.1. The van der Waals surface area contributed by atoms with Gasteiger partial charge >= 0.3 is 0 Å². The van der Waals surface area contributed by atoms with E-state index in [1.54, 1.807) is 6.21 Å². The smallest absolute Gasteiger partial charge is 0.236 e. The van der Waals surface area contributed by atoms with E-state index >= 15 is 0 Å². The highest BCUT2D eigenvalue weighted by atomic mass is 16.5. The highest BCUT2D eigenvalue weighted by molar-refractivity contribution is 5.82. The molecule has 5 nitrogen and oxygen atoms in total. The Morgan fingerprint density at radius 3 is 2.48 bits per heavy atom. The zero-order valence-electron chi connectivity index (χ0n) is 14.9. The number of carbonyl (C=O) groups is 1. The summed E-state index contributed by atoms with van der Waals surface area (Å²) in [5.74, 6) is 1.52. The lowest BCUT2D eigenvalue weighted by atomic mass is 10.1. The van der Waals surface area contributed by atoms with Crippen molar-refractivity contribution >= 4 is 12.1 Å². The first-order valence-corrected chi connectivity index (χ1v) is 8.28. The second-order valence-corrected chi connectivity index (χ2v) is 5.77. The average molecular weight is 340 g/mol. The first-order valence-electron chi connectivity index (χ1n) is 8.28. The van der Waals surface area contributed by atoms with Gasteiger partial charge in [0.15, 0.2) is 0 Å². The highest BCUT2D eigenvalue weighted by Gasteiger charge is 2.03. The Morgan fingerprint density at radius 1 is 1.08 bits per heavy atom. The average Bonchev–Trinajstić information content (AvgIpc) is 2.57. The van der Waals surface area contributed by atoms with E-state index < -0.39 is 0 Å². The van der Waals surface area contributed by atoms with Gasteiger partial charge in [0.05, 0.1) is 19.4 Å². The minimum atomic E-state index is -0.201. The summed E-state index contributed by atoms with van der Waals surface area (Å²) < 4.78 is 11.6.